The number of benzene rings is 2. The maximum atomic E-state index is 10.7. The van der Waals surface area contributed by atoms with Gasteiger partial charge in [0.25, 0.3) is 5.69 Å². The highest BCUT2D eigenvalue weighted by atomic mass is 35.5. The highest BCUT2D eigenvalue weighted by Gasteiger charge is 2.11. The van der Waals surface area contributed by atoms with Crippen LogP contribution >= 0.6 is 12.4 Å². The highest BCUT2D eigenvalue weighted by Crippen LogP contribution is 2.29. The van der Waals surface area contributed by atoms with Crippen LogP contribution in [0, 0.1) is 10.1 Å². The van der Waals surface area contributed by atoms with Crippen molar-refractivity contribution in [2.75, 3.05) is 25.7 Å². The van der Waals surface area contributed by atoms with E-state index < -0.39 is 4.92 Å². The Hall–Kier alpha value is -2.47. The second-order valence-electron chi connectivity index (χ2n) is 4.98. The van der Waals surface area contributed by atoms with E-state index in [9.17, 15) is 10.1 Å². The minimum atomic E-state index is -0.394. The van der Waals surface area contributed by atoms with Crippen LogP contribution in [-0.4, -0.2) is 25.7 Å². The van der Waals surface area contributed by atoms with Gasteiger partial charge in [0.05, 0.1) is 19.1 Å². The fraction of sp³-hybridized carbons (Fsp3) is 0.294. The van der Waals surface area contributed by atoms with Crippen LogP contribution in [0.15, 0.2) is 42.5 Å². The zero-order chi connectivity index (χ0) is 16.8. The van der Waals surface area contributed by atoms with E-state index in [0.717, 1.165) is 17.8 Å². The summed E-state index contributed by atoms with van der Waals surface area (Å²) >= 11 is 0. The Labute approximate surface area is 147 Å². The second-order valence-corrected chi connectivity index (χ2v) is 4.98. The fourth-order valence-corrected chi connectivity index (χ4v) is 2.37. The van der Waals surface area contributed by atoms with Crippen molar-refractivity contribution in [2.45, 2.75) is 13.5 Å². The third-order valence-electron chi connectivity index (χ3n) is 3.63. The lowest BCUT2D eigenvalue weighted by Crippen LogP contribution is -2.21. The molecule has 0 N–H and O–H groups in total. The van der Waals surface area contributed by atoms with Gasteiger partial charge in [-0.2, -0.15) is 0 Å². The first-order valence-corrected chi connectivity index (χ1v) is 7.29. The van der Waals surface area contributed by atoms with Gasteiger partial charge < -0.3 is 14.4 Å². The summed E-state index contributed by atoms with van der Waals surface area (Å²) in [6.45, 7) is 3.50. The number of non-ortho nitro benzene ring substituents is 1. The minimum absolute atomic E-state index is 0. The number of ether oxygens (including phenoxy) is 2. The van der Waals surface area contributed by atoms with Crippen molar-refractivity contribution < 1.29 is 14.4 Å². The van der Waals surface area contributed by atoms with Crippen LogP contribution in [0.5, 0.6) is 11.5 Å². The Morgan fingerprint density at radius 2 is 1.67 bits per heavy atom. The average molecular weight is 353 g/mol. The van der Waals surface area contributed by atoms with E-state index in [1.165, 1.54) is 12.1 Å². The SMILES string of the molecule is CCN(Cc1ccc(OC)c(OC)c1)c1ccc([N+](=O)[O-])cc1.Cl. The zero-order valence-corrected chi connectivity index (χ0v) is 14.7. The normalized spacial score (nSPS) is 9.79. The lowest BCUT2D eigenvalue weighted by molar-refractivity contribution is -0.384. The molecule has 2 aromatic carbocycles. The highest BCUT2D eigenvalue weighted by molar-refractivity contribution is 5.85. The van der Waals surface area contributed by atoms with E-state index in [0.29, 0.717) is 18.0 Å². The molecule has 0 aliphatic rings. The summed E-state index contributed by atoms with van der Waals surface area (Å²) in [5, 5.41) is 10.7. The summed E-state index contributed by atoms with van der Waals surface area (Å²) in [4.78, 5) is 12.5. The molecule has 0 atom stereocenters. The summed E-state index contributed by atoms with van der Waals surface area (Å²) in [7, 11) is 3.21. The third kappa shape index (κ3) is 4.52. The lowest BCUT2D eigenvalue weighted by Gasteiger charge is -2.23. The van der Waals surface area contributed by atoms with Gasteiger partial charge in [-0.3, -0.25) is 10.1 Å². The molecule has 24 heavy (non-hydrogen) atoms. The zero-order valence-electron chi connectivity index (χ0n) is 13.9. The Morgan fingerprint density at radius 1 is 1.04 bits per heavy atom. The third-order valence-corrected chi connectivity index (χ3v) is 3.63. The van der Waals surface area contributed by atoms with Gasteiger partial charge in [0.2, 0.25) is 0 Å². The van der Waals surface area contributed by atoms with E-state index >= 15 is 0 Å². The molecular formula is C17H21ClN2O4. The summed E-state index contributed by atoms with van der Waals surface area (Å²) in [5.74, 6) is 1.37. The molecular weight excluding hydrogens is 332 g/mol. The molecule has 0 aliphatic carbocycles. The topological polar surface area (TPSA) is 64.8 Å². The van der Waals surface area contributed by atoms with Crippen molar-refractivity contribution >= 4 is 23.8 Å². The standard InChI is InChI=1S/C17H20N2O4.ClH/c1-4-18(14-6-8-15(9-7-14)19(20)21)12-13-5-10-16(22-2)17(11-13)23-3;/h5-11H,4,12H2,1-3H3;1H. The van der Waals surface area contributed by atoms with Crippen LogP contribution < -0.4 is 14.4 Å². The number of nitro groups is 1. The van der Waals surface area contributed by atoms with Gasteiger partial charge in [0, 0.05) is 30.9 Å². The Bertz CT molecular complexity index is 677. The molecule has 0 spiro atoms. The van der Waals surface area contributed by atoms with Crippen LogP contribution in [0.2, 0.25) is 0 Å². The van der Waals surface area contributed by atoms with Crippen molar-refractivity contribution in [3.8, 4) is 11.5 Å². The minimum Gasteiger partial charge on any atom is -0.493 e. The summed E-state index contributed by atoms with van der Waals surface area (Å²) < 4.78 is 10.6. The maximum absolute atomic E-state index is 10.7. The maximum Gasteiger partial charge on any atom is 0.269 e. The van der Waals surface area contributed by atoms with Crippen LogP contribution in [0.3, 0.4) is 0 Å². The van der Waals surface area contributed by atoms with E-state index in [2.05, 4.69) is 4.90 Å². The fourth-order valence-electron chi connectivity index (χ4n) is 2.37. The van der Waals surface area contributed by atoms with Crippen molar-refractivity contribution in [1.82, 2.24) is 0 Å². The Kier molecular flexibility index (Phi) is 7.32. The monoisotopic (exact) mass is 352 g/mol. The molecule has 0 bridgehead atoms. The molecule has 0 heterocycles. The first-order valence-electron chi connectivity index (χ1n) is 7.29. The van der Waals surface area contributed by atoms with Crippen LogP contribution in [0.4, 0.5) is 11.4 Å². The largest absolute Gasteiger partial charge is 0.493 e. The van der Waals surface area contributed by atoms with Crippen LogP contribution in [0.1, 0.15) is 12.5 Å². The number of hydrogen-bond acceptors (Lipinski definition) is 5. The van der Waals surface area contributed by atoms with E-state index in [1.807, 2.05) is 25.1 Å². The van der Waals surface area contributed by atoms with Crippen molar-refractivity contribution in [3.05, 3.63) is 58.1 Å². The molecule has 0 saturated carbocycles. The molecule has 130 valence electrons. The summed E-state index contributed by atoms with van der Waals surface area (Å²) in [5.41, 5.74) is 2.10. The quantitative estimate of drug-likeness (QED) is 0.555. The van der Waals surface area contributed by atoms with Crippen molar-refractivity contribution in [1.29, 1.82) is 0 Å². The van der Waals surface area contributed by atoms with Gasteiger partial charge >= 0.3 is 0 Å². The van der Waals surface area contributed by atoms with Gasteiger partial charge in [0.15, 0.2) is 11.5 Å². The number of anilines is 1. The first kappa shape index (κ1) is 19.6. The van der Waals surface area contributed by atoms with Gasteiger partial charge in [-0.05, 0) is 36.8 Å². The smallest absolute Gasteiger partial charge is 0.269 e. The number of halogens is 1. The molecule has 0 aliphatic heterocycles. The molecule has 0 unspecified atom stereocenters. The molecule has 2 rings (SSSR count). The van der Waals surface area contributed by atoms with E-state index in [4.69, 9.17) is 9.47 Å². The van der Waals surface area contributed by atoms with E-state index in [1.54, 1.807) is 26.4 Å². The number of hydrogen-bond donors (Lipinski definition) is 0. The molecule has 0 aromatic heterocycles. The molecule has 6 nitrogen and oxygen atoms in total. The first-order chi connectivity index (χ1) is 11.1. The average Bonchev–Trinajstić information content (AvgIpc) is 2.59. The van der Waals surface area contributed by atoms with E-state index in [-0.39, 0.29) is 18.1 Å². The number of nitrogens with zero attached hydrogens (tertiary/aromatic N) is 2. The lowest BCUT2D eigenvalue weighted by atomic mass is 10.1. The number of nitro benzene ring substituents is 1. The van der Waals surface area contributed by atoms with Gasteiger partial charge in [-0.25, -0.2) is 0 Å². The number of rotatable bonds is 7. The van der Waals surface area contributed by atoms with Crippen molar-refractivity contribution in [3.63, 3.8) is 0 Å². The Balaban J connectivity index is 0.00000288. The van der Waals surface area contributed by atoms with Crippen molar-refractivity contribution in [2.24, 2.45) is 0 Å². The Morgan fingerprint density at radius 3 is 2.17 bits per heavy atom. The van der Waals surface area contributed by atoms with Crippen LogP contribution in [0.25, 0.3) is 0 Å². The van der Waals surface area contributed by atoms with Gasteiger partial charge in [-0.15, -0.1) is 12.4 Å². The number of methoxy groups -OCH3 is 2. The molecule has 0 saturated heterocycles. The predicted octanol–water partition coefficient (Wildman–Crippen LogP) is 4.06. The summed E-state index contributed by atoms with van der Waals surface area (Å²) in [6, 6.07) is 12.4. The molecule has 0 radical (unpaired) electrons. The molecule has 0 fully saturated rings. The van der Waals surface area contributed by atoms with Gasteiger partial charge in [-0.1, -0.05) is 6.07 Å². The predicted molar refractivity (Wildman–Crippen MR) is 96.6 cm³/mol. The second kappa shape index (κ2) is 8.98. The molecule has 2 aromatic rings. The van der Waals surface area contributed by atoms with Gasteiger partial charge in [0.1, 0.15) is 0 Å². The molecule has 0 amide bonds. The summed E-state index contributed by atoms with van der Waals surface area (Å²) in [6.07, 6.45) is 0. The van der Waals surface area contributed by atoms with Crippen LogP contribution in [-0.2, 0) is 6.54 Å². The molecule has 7 heteroatoms.